The smallest absolute Gasteiger partial charge is 0.251 e. The van der Waals surface area contributed by atoms with Crippen molar-refractivity contribution in [2.75, 3.05) is 5.32 Å². The number of rotatable bonds is 6. The Morgan fingerprint density at radius 3 is 2.48 bits per heavy atom. The van der Waals surface area contributed by atoms with Gasteiger partial charge in [0.2, 0.25) is 5.91 Å². The van der Waals surface area contributed by atoms with Crippen molar-refractivity contribution in [3.63, 3.8) is 0 Å². The van der Waals surface area contributed by atoms with Gasteiger partial charge in [-0.15, -0.1) is 0 Å². The van der Waals surface area contributed by atoms with Crippen LogP contribution in [0.5, 0.6) is 0 Å². The minimum absolute atomic E-state index is 0.0603. The lowest BCUT2D eigenvalue weighted by Gasteiger charge is -2.25. The predicted molar refractivity (Wildman–Crippen MR) is 93.4 cm³/mol. The highest BCUT2D eigenvalue weighted by atomic mass is 16.2. The molecule has 0 aromatic heterocycles. The lowest BCUT2D eigenvalue weighted by Crippen LogP contribution is -2.34. The highest BCUT2D eigenvalue weighted by Crippen LogP contribution is 2.27. The second kappa shape index (κ2) is 8.51. The quantitative estimate of drug-likeness (QED) is 0.782. The topological polar surface area (TPSA) is 58.2 Å². The Bertz CT molecular complexity index is 545. The first-order valence-corrected chi connectivity index (χ1v) is 8.43. The summed E-state index contributed by atoms with van der Waals surface area (Å²) in [5, 5.41) is 5.74. The third-order valence-electron chi connectivity index (χ3n) is 4.39. The highest BCUT2D eigenvalue weighted by molar-refractivity contribution is 5.99. The SMILES string of the molecule is C=CC(=O)Nc1ccc(C(=O)N[C@@H](C)CC2CCCCC2)cc1. The maximum Gasteiger partial charge on any atom is 0.251 e. The van der Waals surface area contributed by atoms with Gasteiger partial charge in [-0.25, -0.2) is 0 Å². The number of carbonyl (C=O) groups is 2. The number of anilines is 1. The first kappa shape index (κ1) is 17.3. The molecule has 2 rings (SSSR count). The first-order valence-electron chi connectivity index (χ1n) is 8.43. The molecule has 1 atom stereocenters. The third kappa shape index (κ3) is 5.55. The van der Waals surface area contributed by atoms with Crippen LogP contribution < -0.4 is 10.6 Å². The van der Waals surface area contributed by atoms with E-state index in [1.54, 1.807) is 24.3 Å². The Morgan fingerprint density at radius 1 is 1.22 bits per heavy atom. The van der Waals surface area contributed by atoms with Crippen molar-refractivity contribution in [2.24, 2.45) is 5.92 Å². The van der Waals surface area contributed by atoms with E-state index in [0.717, 1.165) is 12.3 Å². The van der Waals surface area contributed by atoms with Gasteiger partial charge < -0.3 is 10.6 Å². The Morgan fingerprint density at radius 2 is 1.87 bits per heavy atom. The fourth-order valence-corrected chi connectivity index (χ4v) is 3.19. The van der Waals surface area contributed by atoms with Gasteiger partial charge in [0.05, 0.1) is 0 Å². The van der Waals surface area contributed by atoms with Gasteiger partial charge in [0.1, 0.15) is 0 Å². The van der Waals surface area contributed by atoms with Crippen molar-refractivity contribution >= 4 is 17.5 Å². The molecule has 0 unspecified atom stereocenters. The van der Waals surface area contributed by atoms with Crippen molar-refractivity contribution in [3.8, 4) is 0 Å². The summed E-state index contributed by atoms with van der Waals surface area (Å²) in [5.74, 6) is 0.425. The average Bonchev–Trinajstić information content (AvgIpc) is 2.56. The summed E-state index contributed by atoms with van der Waals surface area (Å²) >= 11 is 0. The van der Waals surface area contributed by atoms with Crippen LogP contribution in [0.2, 0.25) is 0 Å². The van der Waals surface area contributed by atoms with Crippen LogP contribution in [0.4, 0.5) is 5.69 Å². The average molecular weight is 314 g/mol. The molecule has 1 aromatic carbocycles. The molecule has 4 nitrogen and oxygen atoms in total. The molecule has 0 spiro atoms. The molecular formula is C19H26N2O2. The van der Waals surface area contributed by atoms with E-state index < -0.39 is 0 Å². The standard InChI is InChI=1S/C19H26N2O2/c1-3-18(22)21-17-11-9-16(10-12-17)19(23)20-14(2)13-15-7-5-4-6-8-15/h3,9-12,14-15H,1,4-8,13H2,2H3,(H,20,23)(H,21,22)/t14-/m0/s1. The normalized spacial score (nSPS) is 16.4. The number of benzene rings is 1. The number of carbonyl (C=O) groups excluding carboxylic acids is 2. The van der Waals surface area contributed by atoms with E-state index in [1.165, 1.54) is 38.2 Å². The molecule has 0 radical (unpaired) electrons. The fraction of sp³-hybridized carbons (Fsp3) is 0.474. The maximum absolute atomic E-state index is 12.3. The Balaban J connectivity index is 1.84. The molecule has 0 heterocycles. The molecule has 1 aliphatic carbocycles. The van der Waals surface area contributed by atoms with E-state index >= 15 is 0 Å². The van der Waals surface area contributed by atoms with Crippen molar-refractivity contribution in [1.29, 1.82) is 0 Å². The number of hydrogen-bond acceptors (Lipinski definition) is 2. The monoisotopic (exact) mass is 314 g/mol. The van der Waals surface area contributed by atoms with E-state index in [1.807, 2.05) is 0 Å². The second-order valence-corrected chi connectivity index (χ2v) is 6.38. The van der Waals surface area contributed by atoms with E-state index in [2.05, 4.69) is 24.1 Å². The fourth-order valence-electron chi connectivity index (χ4n) is 3.19. The molecule has 23 heavy (non-hydrogen) atoms. The van der Waals surface area contributed by atoms with Crippen LogP contribution in [-0.2, 0) is 4.79 Å². The van der Waals surface area contributed by atoms with Crippen LogP contribution in [-0.4, -0.2) is 17.9 Å². The largest absolute Gasteiger partial charge is 0.350 e. The molecule has 124 valence electrons. The third-order valence-corrected chi connectivity index (χ3v) is 4.39. The molecule has 0 aliphatic heterocycles. The van der Waals surface area contributed by atoms with Crippen molar-refractivity contribution in [1.82, 2.24) is 5.32 Å². The van der Waals surface area contributed by atoms with Crippen molar-refractivity contribution in [2.45, 2.75) is 51.5 Å². The molecular weight excluding hydrogens is 288 g/mol. The van der Waals surface area contributed by atoms with Crippen LogP contribution >= 0.6 is 0 Å². The molecule has 2 amide bonds. The van der Waals surface area contributed by atoms with Crippen LogP contribution in [0, 0.1) is 5.92 Å². The summed E-state index contributed by atoms with van der Waals surface area (Å²) in [7, 11) is 0. The molecule has 4 heteroatoms. The van der Waals surface area contributed by atoms with Crippen molar-refractivity contribution in [3.05, 3.63) is 42.5 Å². The van der Waals surface area contributed by atoms with Crippen LogP contribution in [0.25, 0.3) is 0 Å². The minimum atomic E-state index is -0.261. The van der Waals surface area contributed by atoms with Gasteiger partial charge in [-0.05, 0) is 49.6 Å². The summed E-state index contributed by atoms with van der Waals surface area (Å²) < 4.78 is 0. The number of hydrogen-bond donors (Lipinski definition) is 2. The molecule has 0 bridgehead atoms. The lowest BCUT2D eigenvalue weighted by molar-refractivity contribution is -0.111. The van der Waals surface area contributed by atoms with Gasteiger partial charge in [0, 0.05) is 17.3 Å². The van der Waals surface area contributed by atoms with Crippen LogP contribution in [0.15, 0.2) is 36.9 Å². The zero-order valence-corrected chi connectivity index (χ0v) is 13.8. The van der Waals surface area contributed by atoms with E-state index in [9.17, 15) is 9.59 Å². The van der Waals surface area contributed by atoms with Gasteiger partial charge in [-0.2, -0.15) is 0 Å². The van der Waals surface area contributed by atoms with Crippen LogP contribution in [0.1, 0.15) is 55.8 Å². The van der Waals surface area contributed by atoms with Gasteiger partial charge >= 0.3 is 0 Å². The lowest BCUT2D eigenvalue weighted by atomic mass is 9.85. The number of amides is 2. The van der Waals surface area contributed by atoms with Gasteiger partial charge in [0.15, 0.2) is 0 Å². The molecule has 2 N–H and O–H groups in total. The Labute approximate surface area is 138 Å². The minimum Gasteiger partial charge on any atom is -0.350 e. The van der Waals surface area contributed by atoms with E-state index in [-0.39, 0.29) is 17.9 Å². The maximum atomic E-state index is 12.3. The van der Waals surface area contributed by atoms with Gasteiger partial charge in [-0.3, -0.25) is 9.59 Å². The van der Waals surface area contributed by atoms with Crippen LogP contribution in [0.3, 0.4) is 0 Å². The molecule has 1 fully saturated rings. The Kier molecular flexibility index (Phi) is 6.39. The zero-order chi connectivity index (χ0) is 16.7. The van der Waals surface area contributed by atoms with Crippen molar-refractivity contribution < 1.29 is 9.59 Å². The van der Waals surface area contributed by atoms with E-state index in [0.29, 0.717) is 11.3 Å². The summed E-state index contributed by atoms with van der Waals surface area (Å²) in [6, 6.07) is 7.08. The zero-order valence-electron chi connectivity index (χ0n) is 13.8. The van der Waals surface area contributed by atoms with E-state index in [4.69, 9.17) is 0 Å². The summed E-state index contributed by atoms with van der Waals surface area (Å²) in [5.41, 5.74) is 1.26. The second-order valence-electron chi connectivity index (χ2n) is 6.38. The van der Waals surface area contributed by atoms with Gasteiger partial charge in [-0.1, -0.05) is 38.7 Å². The molecule has 1 saturated carbocycles. The van der Waals surface area contributed by atoms with Gasteiger partial charge in [0.25, 0.3) is 5.91 Å². The summed E-state index contributed by atoms with van der Waals surface area (Å²) in [6.45, 7) is 5.48. The first-order chi connectivity index (χ1) is 11.1. The molecule has 1 aliphatic rings. The molecule has 0 saturated heterocycles. The summed E-state index contributed by atoms with van der Waals surface area (Å²) in [4.78, 5) is 23.5. The molecule has 1 aromatic rings. The highest BCUT2D eigenvalue weighted by Gasteiger charge is 2.18. The summed E-state index contributed by atoms with van der Waals surface area (Å²) in [6.07, 6.45) is 8.85. The Hall–Kier alpha value is -2.10. The number of nitrogens with one attached hydrogen (secondary N) is 2. The predicted octanol–water partition coefficient (Wildman–Crippen LogP) is 3.90.